The molecule has 0 spiro atoms. The van der Waals surface area contributed by atoms with Gasteiger partial charge in [0.15, 0.2) is 0 Å². The lowest BCUT2D eigenvalue weighted by Crippen LogP contribution is -2.39. The summed E-state index contributed by atoms with van der Waals surface area (Å²) < 4.78 is 13.9. The summed E-state index contributed by atoms with van der Waals surface area (Å²) in [7, 11) is 0. The molecule has 0 aromatic heterocycles. The summed E-state index contributed by atoms with van der Waals surface area (Å²) in [5.41, 5.74) is 3.61. The number of nitrogens with two attached hydrogens (primary N) is 1. The molecule has 0 aliphatic heterocycles. The first-order chi connectivity index (χ1) is 8.75. The number of hydrazine groups is 1. The summed E-state index contributed by atoms with van der Waals surface area (Å²) in [6.07, 6.45) is 1.44. The van der Waals surface area contributed by atoms with Crippen LogP contribution in [0.3, 0.4) is 0 Å². The van der Waals surface area contributed by atoms with Crippen LogP contribution in [0.2, 0.25) is 5.02 Å². The molecule has 108 valence electrons. The van der Waals surface area contributed by atoms with Crippen LogP contribution in [0.15, 0.2) is 18.2 Å². The van der Waals surface area contributed by atoms with E-state index in [0.29, 0.717) is 17.9 Å². The zero-order valence-electron chi connectivity index (χ0n) is 12.1. The second-order valence-corrected chi connectivity index (χ2v) is 6.69. The Labute approximate surface area is 120 Å². The summed E-state index contributed by atoms with van der Waals surface area (Å²) in [6.45, 7) is 8.79. The molecule has 2 unspecified atom stereocenters. The van der Waals surface area contributed by atoms with Gasteiger partial charge in [-0.3, -0.25) is 11.3 Å². The zero-order valence-corrected chi connectivity index (χ0v) is 12.9. The number of nitrogens with one attached hydrogen (secondary N) is 1. The highest BCUT2D eigenvalue weighted by molar-refractivity contribution is 6.30. The van der Waals surface area contributed by atoms with E-state index in [1.165, 1.54) is 0 Å². The average Bonchev–Trinajstić information content (AvgIpc) is 2.32. The Morgan fingerprint density at radius 3 is 2.53 bits per heavy atom. The van der Waals surface area contributed by atoms with Crippen LogP contribution in [-0.4, -0.2) is 6.04 Å². The van der Waals surface area contributed by atoms with Gasteiger partial charge in [-0.2, -0.15) is 0 Å². The summed E-state index contributed by atoms with van der Waals surface area (Å²) in [4.78, 5) is 0. The summed E-state index contributed by atoms with van der Waals surface area (Å²) in [5, 5.41) is 0.164. The summed E-state index contributed by atoms with van der Waals surface area (Å²) in [5.74, 6) is 5.74. The Morgan fingerprint density at radius 1 is 1.37 bits per heavy atom. The molecule has 0 fully saturated rings. The molecule has 1 aromatic rings. The molecule has 2 atom stereocenters. The van der Waals surface area contributed by atoms with Crippen molar-refractivity contribution in [2.75, 3.05) is 0 Å². The van der Waals surface area contributed by atoms with Crippen molar-refractivity contribution in [3.05, 3.63) is 34.6 Å². The average molecular weight is 287 g/mol. The minimum Gasteiger partial charge on any atom is -0.271 e. The molecule has 0 amide bonds. The van der Waals surface area contributed by atoms with Crippen molar-refractivity contribution < 1.29 is 4.39 Å². The van der Waals surface area contributed by atoms with Crippen LogP contribution < -0.4 is 11.3 Å². The largest absolute Gasteiger partial charge is 0.271 e. The smallest absolute Gasteiger partial charge is 0.145 e. The third-order valence-corrected chi connectivity index (χ3v) is 4.14. The maximum absolute atomic E-state index is 13.9. The van der Waals surface area contributed by atoms with Crippen LogP contribution >= 0.6 is 11.6 Å². The first-order valence-electron chi connectivity index (χ1n) is 6.64. The summed E-state index contributed by atoms with van der Waals surface area (Å²) in [6, 6.07) is 5.12. The van der Waals surface area contributed by atoms with E-state index >= 15 is 0 Å². The number of rotatable bonds is 5. The van der Waals surface area contributed by atoms with E-state index in [0.717, 1.165) is 6.42 Å². The molecule has 1 aromatic carbocycles. The molecule has 0 saturated carbocycles. The van der Waals surface area contributed by atoms with E-state index in [2.05, 4.69) is 33.1 Å². The molecule has 0 radical (unpaired) electrons. The predicted molar refractivity (Wildman–Crippen MR) is 79.5 cm³/mol. The maximum Gasteiger partial charge on any atom is 0.145 e. The Kier molecular flexibility index (Phi) is 5.78. The van der Waals surface area contributed by atoms with Gasteiger partial charge in [-0.25, -0.2) is 4.39 Å². The first kappa shape index (κ1) is 16.4. The number of hydrogen-bond acceptors (Lipinski definition) is 2. The minimum atomic E-state index is -0.340. The van der Waals surface area contributed by atoms with Gasteiger partial charge in [-0.1, -0.05) is 51.4 Å². The number of benzene rings is 1. The van der Waals surface area contributed by atoms with E-state index in [9.17, 15) is 4.39 Å². The van der Waals surface area contributed by atoms with Gasteiger partial charge in [0.25, 0.3) is 0 Å². The fraction of sp³-hybridized carbons (Fsp3) is 0.600. The lowest BCUT2D eigenvalue weighted by atomic mass is 9.78. The molecular formula is C15H24ClFN2. The normalized spacial score (nSPS) is 15.3. The molecule has 3 N–H and O–H groups in total. The van der Waals surface area contributed by atoms with Gasteiger partial charge in [0.1, 0.15) is 5.82 Å². The Bertz CT molecular complexity index is 415. The van der Waals surface area contributed by atoms with Crippen LogP contribution in [0.5, 0.6) is 0 Å². The molecule has 0 saturated heterocycles. The van der Waals surface area contributed by atoms with Crippen molar-refractivity contribution in [3.8, 4) is 0 Å². The first-order valence-corrected chi connectivity index (χ1v) is 7.02. The van der Waals surface area contributed by atoms with Crippen molar-refractivity contribution in [1.29, 1.82) is 0 Å². The fourth-order valence-electron chi connectivity index (χ4n) is 1.96. The molecule has 0 heterocycles. The molecule has 2 nitrogen and oxygen atoms in total. The van der Waals surface area contributed by atoms with E-state index in [1.807, 2.05) is 0 Å². The van der Waals surface area contributed by atoms with E-state index in [4.69, 9.17) is 17.4 Å². The molecule has 0 aliphatic rings. The third kappa shape index (κ3) is 4.75. The van der Waals surface area contributed by atoms with Gasteiger partial charge in [0, 0.05) is 6.04 Å². The molecular weight excluding hydrogens is 263 g/mol. The number of halogens is 2. The Hall–Kier alpha value is -0.640. The Balaban J connectivity index is 2.75. The molecule has 1 rings (SSSR count). The SMILES string of the molecule is CC(CC(Cc1cccc(Cl)c1F)NN)C(C)(C)C. The highest BCUT2D eigenvalue weighted by Crippen LogP contribution is 2.30. The summed E-state index contributed by atoms with van der Waals surface area (Å²) >= 11 is 5.79. The highest BCUT2D eigenvalue weighted by atomic mass is 35.5. The maximum atomic E-state index is 13.9. The molecule has 4 heteroatoms. The third-order valence-electron chi connectivity index (χ3n) is 3.85. The van der Waals surface area contributed by atoms with Gasteiger partial charge < -0.3 is 0 Å². The monoisotopic (exact) mass is 286 g/mol. The van der Waals surface area contributed by atoms with Crippen LogP contribution in [0.25, 0.3) is 0 Å². The molecule has 0 bridgehead atoms. The number of hydrogen-bond donors (Lipinski definition) is 2. The second-order valence-electron chi connectivity index (χ2n) is 6.28. The molecule has 19 heavy (non-hydrogen) atoms. The minimum absolute atomic E-state index is 0.0437. The Morgan fingerprint density at radius 2 is 2.00 bits per heavy atom. The van der Waals surface area contributed by atoms with Gasteiger partial charge in [-0.05, 0) is 35.8 Å². The van der Waals surface area contributed by atoms with E-state index < -0.39 is 0 Å². The van der Waals surface area contributed by atoms with E-state index in [-0.39, 0.29) is 22.3 Å². The fourth-order valence-corrected chi connectivity index (χ4v) is 2.16. The quantitative estimate of drug-likeness (QED) is 0.636. The topological polar surface area (TPSA) is 38.0 Å². The van der Waals surface area contributed by atoms with Gasteiger partial charge in [0.05, 0.1) is 5.02 Å². The van der Waals surface area contributed by atoms with Crippen LogP contribution in [0, 0.1) is 17.2 Å². The van der Waals surface area contributed by atoms with Gasteiger partial charge >= 0.3 is 0 Å². The van der Waals surface area contributed by atoms with Crippen molar-refractivity contribution >= 4 is 11.6 Å². The van der Waals surface area contributed by atoms with E-state index in [1.54, 1.807) is 18.2 Å². The zero-order chi connectivity index (χ0) is 14.6. The standard InChI is InChI=1S/C15H24ClFN2/c1-10(15(2,3)4)8-12(19-18)9-11-6-5-7-13(16)14(11)17/h5-7,10,12,19H,8-9,18H2,1-4H3. The molecule has 0 aliphatic carbocycles. The van der Waals surface area contributed by atoms with Crippen LogP contribution in [-0.2, 0) is 6.42 Å². The highest BCUT2D eigenvalue weighted by Gasteiger charge is 2.24. The van der Waals surface area contributed by atoms with Crippen molar-refractivity contribution in [3.63, 3.8) is 0 Å². The lowest BCUT2D eigenvalue weighted by molar-refractivity contribution is 0.222. The van der Waals surface area contributed by atoms with Crippen molar-refractivity contribution in [1.82, 2.24) is 5.43 Å². The van der Waals surface area contributed by atoms with Gasteiger partial charge in [-0.15, -0.1) is 0 Å². The van der Waals surface area contributed by atoms with Crippen LogP contribution in [0.1, 0.15) is 39.7 Å². The van der Waals surface area contributed by atoms with Crippen molar-refractivity contribution in [2.24, 2.45) is 17.2 Å². The lowest BCUT2D eigenvalue weighted by Gasteiger charge is -2.30. The van der Waals surface area contributed by atoms with Gasteiger partial charge in [0.2, 0.25) is 0 Å². The second kappa shape index (κ2) is 6.69. The predicted octanol–water partition coefficient (Wildman–Crippen LogP) is 3.93. The van der Waals surface area contributed by atoms with Crippen molar-refractivity contribution in [2.45, 2.75) is 46.6 Å². The van der Waals surface area contributed by atoms with Crippen LogP contribution in [0.4, 0.5) is 4.39 Å².